The van der Waals surface area contributed by atoms with Crippen LogP contribution in [0.2, 0.25) is 0 Å². The van der Waals surface area contributed by atoms with Crippen LogP contribution in [-0.4, -0.2) is 34.1 Å². The second-order valence-electron chi connectivity index (χ2n) is 3.10. The maximum absolute atomic E-state index is 6.83. The van der Waals surface area contributed by atoms with Gasteiger partial charge in [-0.15, -0.1) is 0 Å². The molecule has 0 radical (unpaired) electrons. The average Bonchev–Trinajstić information content (AvgIpc) is 2.44. The number of hydrogen-bond acceptors (Lipinski definition) is 4. The van der Waals surface area contributed by atoms with Crippen molar-refractivity contribution in [3.05, 3.63) is 42.5 Å². The van der Waals surface area contributed by atoms with Crippen molar-refractivity contribution in [2.24, 2.45) is 0 Å². The maximum atomic E-state index is 6.83. The van der Waals surface area contributed by atoms with Gasteiger partial charge in [-0.1, -0.05) is 24.8 Å². The van der Waals surface area contributed by atoms with E-state index in [1.54, 1.807) is 30.3 Å². The normalized spacial score (nSPS) is 13.7. The molecule has 0 saturated carbocycles. The predicted octanol–water partition coefficient (Wildman–Crippen LogP) is 0.249. The molecule has 4 nitrogen and oxygen atoms in total. The summed E-state index contributed by atoms with van der Waals surface area (Å²) in [6.45, 7) is 3.96. The zero-order valence-corrected chi connectivity index (χ0v) is 9.14. The molecular weight excluding hydrogens is 212 g/mol. The Kier molecular flexibility index (Phi) is 2.73. The molecule has 0 bridgehead atoms. The fourth-order valence-electron chi connectivity index (χ4n) is 1.11. The van der Waals surface area contributed by atoms with Gasteiger partial charge in [-0.25, -0.2) is 0 Å². The van der Waals surface area contributed by atoms with Gasteiger partial charge >= 0.3 is 8.80 Å². The first-order valence-electron chi connectivity index (χ1n) is 5.67. The molecule has 0 aromatic heterocycles. The highest BCUT2D eigenvalue weighted by Crippen LogP contribution is 2.13. The molecule has 15 heavy (non-hydrogen) atoms. The van der Waals surface area contributed by atoms with Crippen LogP contribution in [0.25, 0.3) is 0 Å². The molecule has 0 aliphatic rings. The first-order valence-corrected chi connectivity index (χ1v) is 6.38. The Morgan fingerprint density at radius 2 is 2.00 bits per heavy atom. The van der Waals surface area contributed by atoms with Crippen molar-refractivity contribution in [1.29, 1.82) is 4.29 Å². The Labute approximate surface area is 93.9 Å². The summed E-state index contributed by atoms with van der Waals surface area (Å²) in [5, 5.41) is 0. The second kappa shape index (κ2) is 5.08. The molecule has 0 unspecified atom stereocenters. The van der Waals surface area contributed by atoms with Gasteiger partial charge in [0, 0.05) is 6.04 Å². The number of benzene rings is 1. The summed E-state index contributed by atoms with van der Waals surface area (Å²) < 4.78 is 25.8. The van der Waals surface area contributed by atoms with E-state index in [-0.39, 0.29) is 6.04 Å². The molecule has 0 aliphatic carbocycles. The van der Waals surface area contributed by atoms with E-state index in [4.69, 9.17) is 9.03 Å². The Bertz CT molecular complexity index is 362. The Morgan fingerprint density at radius 1 is 1.33 bits per heavy atom. The highest BCUT2D eigenvalue weighted by atomic mass is 28.4. The fourth-order valence-corrected chi connectivity index (χ4v) is 1.84. The average molecular weight is 232 g/mol. The molecule has 0 fully saturated rings. The van der Waals surface area contributed by atoms with Crippen LogP contribution in [0, 0.1) is 0 Å². The van der Waals surface area contributed by atoms with Crippen LogP contribution >= 0.6 is 0 Å². The van der Waals surface area contributed by atoms with Crippen molar-refractivity contribution in [2.75, 3.05) is 6.61 Å². The summed E-state index contributed by atoms with van der Waals surface area (Å²) in [4.78, 5) is 12.8. The van der Waals surface area contributed by atoms with Crippen molar-refractivity contribution in [3.8, 4) is 5.75 Å². The Morgan fingerprint density at radius 3 is 2.53 bits per heavy atom. The molecule has 0 saturated heterocycles. The molecule has 1 aromatic carbocycles. The van der Waals surface area contributed by atoms with Crippen LogP contribution in [0.4, 0.5) is 0 Å². The summed E-state index contributed by atoms with van der Waals surface area (Å²) in [6, 6.07) is 7.01. The van der Waals surface area contributed by atoms with Gasteiger partial charge in [-0.3, -0.25) is 0 Å². The largest absolute Gasteiger partial charge is 0.497 e. The SMILES string of the molecule is [3H]O[Si](Cc1ccc(OCC=C)cc1)(O[3H])O[3H]. The van der Waals surface area contributed by atoms with Crippen molar-refractivity contribution in [3.63, 3.8) is 0 Å². The lowest BCUT2D eigenvalue weighted by atomic mass is 10.2. The monoisotopic (exact) mass is 232 g/mol. The molecule has 1 aromatic rings. The molecule has 0 amide bonds. The first kappa shape index (κ1) is 8.06. The van der Waals surface area contributed by atoms with Gasteiger partial charge < -0.3 is 19.1 Å². The Balaban J connectivity index is 2.70. The third-order valence-electron chi connectivity index (χ3n) is 1.71. The minimum absolute atomic E-state index is 0.0746. The van der Waals surface area contributed by atoms with Gasteiger partial charge in [0.25, 0.3) is 0 Å². The van der Waals surface area contributed by atoms with E-state index in [2.05, 4.69) is 21.0 Å². The van der Waals surface area contributed by atoms with Crippen LogP contribution in [0.3, 0.4) is 0 Å². The van der Waals surface area contributed by atoms with Crippen LogP contribution in [0.15, 0.2) is 36.9 Å². The lowest BCUT2D eigenvalue weighted by Gasteiger charge is -2.09. The van der Waals surface area contributed by atoms with Gasteiger partial charge in [0.15, 0.2) is 4.29 Å². The van der Waals surface area contributed by atoms with Crippen molar-refractivity contribution in [2.45, 2.75) is 6.04 Å². The van der Waals surface area contributed by atoms with Crippen LogP contribution in [0.1, 0.15) is 5.56 Å². The zero-order chi connectivity index (χ0) is 13.4. The molecule has 82 valence electrons. The number of rotatable bonds is 8. The predicted molar refractivity (Wildman–Crippen MR) is 58.2 cm³/mol. The molecule has 0 aliphatic heterocycles. The van der Waals surface area contributed by atoms with Gasteiger partial charge in [-0.05, 0) is 17.7 Å². The minimum Gasteiger partial charge on any atom is -0.490 e. The van der Waals surface area contributed by atoms with Crippen molar-refractivity contribution in [1.82, 2.24) is 0 Å². The molecule has 0 spiro atoms. The summed E-state index contributed by atoms with van der Waals surface area (Å²) in [7, 11) is -3.56. The molecule has 3 N–H and O–H groups in total. The first-order chi connectivity index (χ1) is 8.69. The molecule has 1 rings (SSSR count). The molecule has 5 heteroatoms. The number of hydrogen-bond donors (Lipinski definition) is 3. The van der Waals surface area contributed by atoms with E-state index in [1.807, 2.05) is 0 Å². The van der Waals surface area contributed by atoms with E-state index in [1.165, 1.54) is 0 Å². The lowest BCUT2D eigenvalue weighted by molar-refractivity contribution is 0.227. The minimum atomic E-state index is -3.56. The highest BCUT2D eigenvalue weighted by molar-refractivity contribution is 6.55. The Hall–Kier alpha value is -1.14. The molecular formula is C10H14O4Si. The van der Waals surface area contributed by atoms with Gasteiger partial charge in [-0.2, -0.15) is 0 Å². The second-order valence-corrected chi connectivity index (χ2v) is 4.82. The topological polar surface area (TPSA) is 69.9 Å². The summed E-state index contributed by atoms with van der Waals surface area (Å²) >= 11 is 0. The van der Waals surface area contributed by atoms with E-state index in [9.17, 15) is 0 Å². The third-order valence-corrected chi connectivity index (χ3v) is 2.55. The standard InChI is InChI=1S/C10H14O4Si/c1-2-7-14-10-5-3-9(4-6-10)8-15(11,12)13/h2-6,11-13H,1,7-8H2/i11T,12T,13T. The van der Waals surface area contributed by atoms with E-state index in [0.717, 1.165) is 5.56 Å². The maximum Gasteiger partial charge on any atom is 0.497 e. The summed E-state index contributed by atoms with van der Waals surface area (Å²) in [5.74, 6) is 0.677. The molecule has 0 atom stereocenters. The van der Waals surface area contributed by atoms with E-state index < -0.39 is 8.80 Å². The van der Waals surface area contributed by atoms with E-state index in [0.29, 0.717) is 12.4 Å². The molecule has 0 heterocycles. The van der Waals surface area contributed by atoms with E-state index >= 15 is 0 Å². The van der Waals surface area contributed by atoms with Crippen molar-refractivity contribution < 1.29 is 19.1 Å². The summed E-state index contributed by atoms with van der Waals surface area (Å²) in [6.07, 6.45) is 1.64. The fraction of sp³-hybridized carbons (Fsp3) is 0.200. The van der Waals surface area contributed by atoms with Gasteiger partial charge in [0.05, 0.1) is 0 Å². The quantitative estimate of drug-likeness (QED) is 0.444. The zero-order valence-electron chi connectivity index (χ0n) is 11.1. The van der Waals surface area contributed by atoms with Gasteiger partial charge in [0.2, 0.25) is 0 Å². The highest BCUT2D eigenvalue weighted by Gasteiger charge is 2.26. The number of ether oxygens (including phenoxy) is 1. The lowest BCUT2D eigenvalue weighted by Crippen LogP contribution is -2.37. The van der Waals surface area contributed by atoms with Crippen LogP contribution in [0.5, 0.6) is 5.75 Å². The smallest absolute Gasteiger partial charge is 0.490 e. The van der Waals surface area contributed by atoms with Crippen LogP contribution in [-0.2, 0) is 6.04 Å². The van der Waals surface area contributed by atoms with Crippen molar-refractivity contribution >= 4 is 8.80 Å². The van der Waals surface area contributed by atoms with Crippen LogP contribution < -0.4 is 4.74 Å². The summed E-state index contributed by atoms with van der Waals surface area (Å²) in [5.41, 5.74) is 0.736. The third kappa shape index (κ3) is 4.75. The van der Waals surface area contributed by atoms with Gasteiger partial charge in [0.1, 0.15) is 12.4 Å².